The van der Waals surface area contributed by atoms with E-state index in [4.69, 9.17) is 10.2 Å². The van der Waals surface area contributed by atoms with Crippen molar-refractivity contribution in [3.8, 4) is 11.8 Å². The van der Waals surface area contributed by atoms with Crippen LogP contribution in [0.15, 0.2) is 0 Å². The Kier molecular flexibility index (Phi) is 4.10. The van der Waals surface area contributed by atoms with Crippen molar-refractivity contribution >= 4 is 0 Å². The molecule has 2 heteroatoms. The molecule has 0 spiro atoms. The molecule has 1 unspecified atom stereocenters. The highest BCUT2D eigenvalue weighted by Crippen LogP contribution is 1.98. The first-order chi connectivity index (χ1) is 4.62. The van der Waals surface area contributed by atoms with E-state index < -0.39 is 5.60 Å². The summed E-state index contributed by atoms with van der Waals surface area (Å²) in [6, 6.07) is 0. The second kappa shape index (κ2) is 4.32. The molecule has 2 nitrogen and oxygen atoms in total. The summed E-state index contributed by atoms with van der Waals surface area (Å²) in [6.07, 6.45) is 1.75. The Morgan fingerprint density at radius 3 is 2.50 bits per heavy atom. The van der Waals surface area contributed by atoms with Gasteiger partial charge in [0, 0.05) is 6.42 Å². The zero-order valence-corrected chi connectivity index (χ0v) is 6.52. The van der Waals surface area contributed by atoms with E-state index >= 15 is 0 Å². The molecule has 0 saturated carbocycles. The van der Waals surface area contributed by atoms with E-state index in [0.29, 0.717) is 0 Å². The molecule has 1 atom stereocenters. The quantitative estimate of drug-likeness (QED) is 0.552. The lowest BCUT2D eigenvalue weighted by Crippen LogP contribution is -2.26. The van der Waals surface area contributed by atoms with Gasteiger partial charge in [0.15, 0.2) is 0 Å². The van der Waals surface area contributed by atoms with Gasteiger partial charge < -0.3 is 10.2 Å². The highest BCUT2D eigenvalue weighted by molar-refractivity contribution is 5.11. The van der Waals surface area contributed by atoms with E-state index in [2.05, 4.69) is 11.8 Å². The van der Waals surface area contributed by atoms with Crippen LogP contribution < -0.4 is 0 Å². The van der Waals surface area contributed by atoms with Gasteiger partial charge in [-0.3, -0.25) is 0 Å². The molecule has 10 heavy (non-hydrogen) atoms. The van der Waals surface area contributed by atoms with Gasteiger partial charge in [-0.1, -0.05) is 12.8 Å². The van der Waals surface area contributed by atoms with Crippen molar-refractivity contribution < 1.29 is 10.2 Å². The van der Waals surface area contributed by atoms with Crippen molar-refractivity contribution in [3.05, 3.63) is 0 Å². The van der Waals surface area contributed by atoms with Gasteiger partial charge in [-0.15, -0.1) is 5.92 Å². The Morgan fingerprint density at radius 2 is 2.10 bits per heavy atom. The molecule has 0 radical (unpaired) electrons. The van der Waals surface area contributed by atoms with Crippen LogP contribution in [0, 0.1) is 11.8 Å². The van der Waals surface area contributed by atoms with Crippen LogP contribution in [0.2, 0.25) is 0 Å². The van der Waals surface area contributed by atoms with Crippen LogP contribution in [0.5, 0.6) is 0 Å². The largest absolute Gasteiger partial charge is 0.392 e. The van der Waals surface area contributed by atoms with Gasteiger partial charge >= 0.3 is 0 Å². The van der Waals surface area contributed by atoms with Crippen LogP contribution in [0.1, 0.15) is 26.7 Å². The zero-order valence-electron chi connectivity index (χ0n) is 6.52. The van der Waals surface area contributed by atoms with Crippen molar-refractivity contribution in [1.82, 2.24) is 0 Å². The maximum Gasteiger partial charge on any atom is 0.145 e. The van der Waals surface area contributed by atoms with Gasteiger partial charge in [-0.25, -0.2) is 0 Å². The SMILES string of the molecule is CCCC#CC(C)(O)CO. The molecule has 0 heterocycles. The summed E-state index contributed by atoms with van der Waals surface area (Å²) in [5, 5.41) is 17.7. The summed E-state index contributed by atoms with van der Waals surface area (Å²) in [7, 11) is 0. The van der Waals surface area contributed by atoms with E-state index in [1.807, 2.05) is 6.92 Å². The standard InChI is InChI=1S/C8H14O2/c1-3-4-5-6-8(2,10)7-9/h9-10H,3-4,7H2,1-2H3. The number of hydrogen-bond donors (Lipinski definition) is 2. The Labute approximate surface area is 61.9 Å². The smallest absolute Gasteiger partial charge is 0.145 e. The van der Waals surface area contributed by atoms with Crippen LogP contribution in [0.25, 0.3) is 0 Å². The summed E-state index contributed by atoms with van der Waals surface area (Å²) in [5.41, 5.74) is -1.21. The van der Waals surface area contributed by atoms with Gasteiger partial charge in [-0.2, -0.15) is 0 Å². The molecule has 0 aliphatic carbocycles. The first-order valence-electron chi connectivity index (χ1n) is 3.45. The van der Waals surface area contributed by atoms with Crippen LogP contribution in [-0.2, 0) is 0 Å². The van der Waals surface area contributed by atoms with Crippen LogP contribution in [-0.4, -0.2) is 22.4 Å². The molecule has 0 saturated heterocycles. The molecule has 2 N–H and O–H groups in total. The molecule has 0 aliphatic rings. The fraction of sp³-hybridized carbons (Fsp3) is 0.750. The first-order valence-corrected chi connectivity index (χ1v) is 3.45. The van der Waals surface area contributed by atoms with Crippen molar-refractivity contribution in [2.75, 3.05) is 6.61 Å². The fourth-order valence-corrected chi connectivity index (χ4v) is 0.417. The maximum atomic E-state index is 9.13. The molecular formula is C8H14O2. The third-order valence-corrected chi connectivity index (χ3v) is 1.04. The third-order valence-electron chi connectivity index (χ3n) is 1.04. The van der Waals surface area contributed by atoms with Crippen molar-refractivity contribution in [3.63, 3.8) is 0 Å². The van der Waals surface area contributed by atoms with Gasteiger partial charge in [-0.05, 0) is 13.3 Å². The highest BCUT2D eigenvalue weighted by Gasteiger charge is 2.13. The number of hydrogen-bond acceptors (Lipinski definition) is 2. The topological polar surface area (TPSA) is 40.5 Å². The lowest BCUT2D eigenvalue weighted by atomic mass is 10.1. The van der Waals surface area contributed by atoms with E-state index in [1.165, 1.54) is 6.92 Å². The maximum absolute atomic E-state index is 9.13. The third kappa shape index (κ3) is 4.37. The summed E-state index contributed by atoms with van der Waals surface area (Å²) in [4.78, 5) is 0. The lowest BCUT2D eigenvalue weighted by Gasteiger charge is -2.10. The molecular weight excluding hydrogens is 128 g/mol. The Bertz CT molecular complexity index is 139. The van der Waals surface area contributed by atoms with Crippen LogP contribution >= 0.6 is 0 Å². The summed E-state index contributed by atoms with van der Waals surface area (Å²) >= 11 is 0. The average molecular weight is 142 g/mol. The second-order valence-corrected chi connectivity index (χ2v) is 2.48. The number of unbranched alkanes of at least 4 members (excludes halogenated alkanes) is 1. The van der Waals surface area contributed by atoms with E-state index in [1.54, 1.807) is 0 Å². The Hall–Kier alpha value is -0.520. The fourth-order valence-electron chi connectivity index (χ4n) is 0.417. The number of aliphatic hydroxyl groups excluding tert-OH is 1. The summed E-state index contributed by atoms with van der Waals surface area (Å²) in [6.45, 7) is 3.21. The Morgan fingerprint density at radius 1 is 1.50 bits per heavy atom. The molecule has 0 bridgehead atoms. The minimum atomic E-state index is -1.21. The molecule has 0 aliphatic heterocycles. The average Bonchev–Trinajstić information content (AvgIpc) is 1.89. The number of rotatable bonds is 2. The molecule has 0 fully saturated rings. The highest BCUT2D eigenvalue weighted by atomic mass is 16.3. The van der Waals surface area contributed by atoms with E-state index in [9.17, 15) is 0 Å². The van der Waals surface area contributed by atoms with Crippen molar-refractivity contribution in [1.29, 1.82) is 0 Å². The van der Waals surface area contributed by atoms with Crippen molar-refractivity contribution in [2.45, 2.75) is 32.3 Å². The Balaban J connectivity index is 3.77. The lowest BCUT2D eigenvalue weighted by molar-refractivity contribution is 0.0518. The van der Waals surface area contributed by atoms with E-state index in [0.717, 1.165) is 12.8 Å². The summed E-state index contributed by atoms with van der Waals surface area (Å²) < 4.78 is 0. The van der Waals surface area contributed by atoms with Crippen LogP contribution in [0.3, 0.4) is 0 Å². The van der Waals surface area contributed by atoms with Gasteiger partial charge in [0.05, 0.1) is 6.61 Å². The minimum Gasteiger partial charge on any atom is -0.392 e. The number of aliphatic hydroxyl groups is 2. The molecule has 0 aromatic rings. The second-order valence-electron chi connectivity index (χ2n) is 2.48. The molecule has 0 amide bonds. The van der Waals surface area contributed by atoms with Crippen LogP contribution in [0.4, 0.5) is 0 Å². The van der Waals surface area contributed by atoms with Gasteiger partial charge in [0.1, 0.15) is 5.60 Å². The molecule has 0 aromatic carbocycles. The normalized spacial score (nSPS) is 15.2. The molecule has 0 rings (SSSR count). The first kappa shape index (κ1) is 9.48. The predicted molar refractivity (Wildman–Crippen MR) is 40.4 cm³/mol. The summed E-state index contributed by atoms with van der Waals surface area (Å²) in [5.74, 6) is 5.33. The molecule has 58 valence electrons. The predicted octanol–water partition coefficient (Wildman–Crippen LogP) is 0.533. The monoisotopic (exact) mass is 142 g/mol. The molecule has 0 aromatic heterocycles. The minimum absolute atomic E-state index is 0.302. The van der Waals surface area contributed by atoms with Gasteiger partial charge in [0.25, 0.3) is 0 Å². The van der Waals surface area contributed by atoms with Gasteiger partial charge in [0.2, 0.25) is 0 Å². The zero-order chi connectivity index (χ0) is 8.04. The van der Waals surface area contributed by atoms with E-state index in [-0.39, 0.29) is 6.61 Å². The van der Waals surface area contributed by atoms with Crippen molar-refractivity contribution in [2.24, 2.45) is 0 Å².